The van der Waals surface area contributed by atoms with E-state index in [0.717, 1.165) is 0 Å². The lowest BCUT2D eigenvalue weighted by molar-refractivity contribution is 0.569. The van der Waals surface area contributed by atoms with Gasteiger partial charge in [-0.15, -0.1) is 0 Å². The molecule has 2 atom stereocenters. The normalized spacial score (nSPS) is 32.7. The molecule has 5 heteroatoms. The van der Waals surface area contributed by atoms with Gasteiger partial charge in [-0.05, 0) is 9.13 Å². The average Bonchev–Trinajstić information content (AvgIpc) is 1.33. The summed E-state index contributed by atoms with van der Waals surface area (Å²) in [5.74, 6) is 0.380. The largest absolute Gasteiger partial charge is 0.529 e. The van der Waals surface area contributed by atoms with Crippen LogP contribution in [0, 0.1) is 0 Å². The minimum atomic E-state index is -1.24. The van der Waals surface area contributed by atoms with Crippen molar-refractivity contribution in [1.29, 1.82) is 0 Å². The fourth-order valence-corrected chi connectivity index (χ4v) is 2.04. The van der Waals surface area contributed by atoms with E-state index in [-0.39, 0.29) is 0 Å². The summed E-state index contributed by atoms with van der Waals surface area (Å²) >= 11 is 0. The summed E-state index contributed by atoms with van der Waals surface area (Å²) in [5.41, 5.74) is 0. The van der Waals surface area contributed by atoms with E-state index in [2.05, 4.69) is 4.86 Å². The van der Waals surface area contributed by atoms with Crippen LogP contribution in [0.4, 0.5) is 0 Å². The van der Waals surface area contributed by atoms with Crippen molar-refractivity contribution >= 4 is 15.9 Å². The summed E-state index contributed by atoms with van der Waals surface area (Å²) in [4.78, 5) is 2.32. The van der Waals surface area contributed by atoms with Crippen LogP contribution in [0.5, 0.6) is 0 Å². The summed E-state index contributed by atoms with van der Waals surface area (Å²) in [6.45, 7) is 0. The van der Waals surface area contributed by atoms with E-state index in [1.807, 2.05) is 0 Å². The standard InChI is InChI=1S/CH3NO2P2/c3-5-1-6(4)2-5/h1H2,(H,2,3,4)/q+2. The third-order valence-electron chi connectivity index (χ3n) is 0.480. The van der Waals surface area contributed by atoms with Gasteiger partial charge in [0.15, 0.2) is 0 Å². The zero-order chi connectivity index (χ0) is 4.57. The molecule has 1 rings (SSSR count). The van der Waals surface area contributed by atoms with Crippen molar-refractivity contribution in [2.75, 3.05) is 5.90 Å². The second-order valence-electron chi connectivity index (χ2n) is 0.998. The number of hydrogen-bond acceptors (Lipinski definition) is 2. The van der Waals surface area contributed by atoms with Gasteiger partial charge in [-0.2, -0.15) is 0 Å². The molecule has 3 nitrogen and oxygen atoms in total. The fourth-order valence-electron chi connectivity index (χ4n) is 0.226. The molecule has 1 saturated heterocycles. The molecule has 0 aromatic rings. The van der Waals surface area contributed by atoms with Crippen LogP contribution in [-0.2, 0) is 9.13 Å². The highest BCUT2D eigenvalue weighted by Crippen LogP contribution is 2.45. The SMILES string of the molecule is O=[P+]1C[P+](=O)N1. The van der Waals surface area contributed by atoms with Crippen molar-refractivity contribution in [2.24, 2.45) is 0 Å². The number of rotatable bonds is 0. The first-order valence-electron chi connectivity index (χ1n) is 1.44. The molecule has 0 spiro atoms. The summed E-state index contributed by atoms with van der Waals surface area (Å²) in [6, 6.07) is 0. The van der Waals surface area contributed by atoms with Gasteiger partial charge in [0.25, 0.3) is 0 Å². The second kappa shape index (κ2) is 1.34. The lowest BCUT2D eigenvalue weighted by atomic mass is 11.9. The highest BCUT2D eigenvalue weighted by Gasteiger charge is 2.50. The highest BCUT2D eigenvalue weighted by molar-refractivity contribution is 7.75. The smallest absolute Gasteiger partial charge is 0.0412 e. The van der Waals surface area contributed by atoms with E-state index in [1.165, 1.54) is 0 Å². The van der Waals surface area contributed by atoms with Gasteiger partial charge in [-0.1, -0.05) is 0 Å². The van der Waals surface area contributed by atoms with Crippen molar-refractivity contribution in [3.8, 4) is 0 Å². The quantitative estimate of drug-likeness (QED) is 0.489. The van der Waals surface area contributed by atoms with Gasteiger partial charge in [-0.25, -0.2) is 0 Å². The maximum absolute atomic E-state index is 9.96. The summed E-state index contributed by atoms with van der Waals surface area (Å²) in [6.07, 6.45) is 0. The van der Waals surface area contributed by atoms with Gasteiger partial charge in [-0.3, -0.25) is 0 Å². The molecule has 1 N–H and O–H groups in total. The topological polar surface area (TPSA) is 46.2 Å². The summed E-state index contributed by atoms with van der Waals surface area (Å²) in [5, 5.41) is 0. The molecule has 1 heterocycles. The summed E-state index contributed by atoms with van der Waals surface area (Å²) in [7, 11) is -2.48. The van der Waals surface area contributed by atoms with Crippen LogP contribution < -0.4 is 4.86 Å². The van der Waals surface area contributed by atoms with Gasteiger partial charge in [0.1, 0.15) is 4.86 Å². The zero-order valence-electron chi connectivity index (χ0n) is 2.92. The van der Waals surface area contributed by atoms with E-state index < -0.39 is 15.9 Å². The molecule has 0 aromatic carbocycles. The predicted molar refractivity (Wildman–Crippen MR) is 23.2 cm³/mol. The Balaban J connectivity index is 2.47. The molecule has 0 radical (unpaired) electrons. The van der Waals surface area contributed by atoms with E-state index >= 15 is 0 Å². The molecule has 6 heavy (non-hydrogen) atoms. The van der Waals surface area contributed by atoms with Crippen molar-refractivity contribution in [3.05, 3.63) is 0 Å². The van der Waals surface area contributed by atoms with Gasteiger partial charge in [0.2, 0.25) is 0 Å². The Morgan fingerprint density at radius 3 is 1.67 bits per heavy atom. The van der Waals surface area contributed by atoms with E-state index in [1.54, 1.807) is 0 Å². The molecule has 0 amide bonds. The van der Waals surface area contributed by atoms with Crippen molar-refractivity contribution < 1.29 is 9.13 Å². The van der Waals surface area contributed by atoms with Crippen LogP contribution in [0.3, 0.4) is 0 Å². The summed E-state index contributed by atoms with van der Waals surface area (Å²) < 4.78 is 19.9. The molecule has 0 aromatic heterocycles. The lowest BCUT2D eigenvalue weighted by Gasteiger charge is -1.76. The minimum absolute atomic E-state index is 0.380. The van der Waals surface area contributed by atoms with Crippen LogP contribution >= 0.6 is 15.9 Å². The van der Waals surface area contributed by atoms with Crippen molar-refractivity contribution in [1.82, 2.24) is 4.86 Å². The lowest BCUT2D eigenvalue weighted by Crippen LogP contribution is -2.02. The first-order valence-corrected chi connectivity index (χ1v) is 4.33. The molecular weight excluding hydrogens is 120 g/mol. The van der Waals surface area contributed by atoms with Gasteiger partial charge in [0.05, 0.1) is 0 Å². The molecule has 32 valence electrons. The maximum atomic E-state index is 9.96. The molecule has 0 saturated carbocycles. The van der Waals surface area contributed by atoms with Gasteiger partial charge < -0.3 is 0 Å². The van der Waals surface area contributed by atoms with Gasteiger partial charge >= 0.3 is 21.8 Å². The second-order valence-corrected chi connectivity index (χ2v) is 4.44. The number of hydrogen-bond donors (Lipinski definition) is 1. The average molecular weight is 123 g/mol. The minimum Gasteiger partial charge on any atom is -0.0412 e. The number of nitrogens with one attached hydrogen (secondary N) is 1. The van der Waals surface area contributed by atoms with E-state index in [9.17, 15) is 9.13 Å². The molecular formula is CH3NO2P2+2. The van der Waals surface area contributed by atoms with Crippen LogP contribution in [0.15, 0.2) is 0 Å². The Morgan fingerprint density at radius 2 is 1.67 bits per heavy atom. The molecule has 2 unspecified atom stereocenters. The molecule has 1 aliphatic rings. The van der Waals surface area contributed by atoms with Crippen LogP contribution in [0.25, 0.3) is 0 Å². The fraction of sp³-hybridized carbons (Fsp3) is 1.00. The molecule has 0 aliphatic carbocycles. The molecule has 1 fully saturated rings. The van der Waals surface area contributed by atoms with Crippen LogP contribution in [0.1, 0.15) is 0 Å². The monoisotopic (exact) mass is 123 g/mol. The Bertz CT molecular complexity index is 88.1. The first-order chi connectivity index (χ1) is 2.79. The van der Waals surface area contributed by atoms with Crippen molar-refractivity contribution in [3.63, 3.8) is 0 Å². The predicted octanol–water partition coefficient (Wildman–Crippen LogP) is 1.03. The Kier molecular flexibility index (Phi) is 0.966. The van der Waals surface area contributed by atoms with Gasteiger partial charge in [0, 0.05) is 0 Å². The van der Waals surface area contributed by atoms with Crippen LogP contribution in [-0.4, -0.2) is 5.90 Å². The van der Waals surface area contributed by atoms with Crippen LogP contribution in [0.2, 0.25) is 0 Å². The third-order valence-corrected chi connectivity index (χ3v) is 4.32. The highest BCUT2D eigenvalue weighted by atomic mass is 31.2. The molecule has 0 bridgehead atoms. The Morgan fingerprint density at radius 1 is 1.33 bits per heavy atom. The third kappa shape index (κ3) is 0.624. The van der Waals surface area contributed by atoms with Crippen molar-refractivity contribution in [2.45, 2.75) is 0 Å². The Hall–Kier alpha value is 0.160. The first kappa shape index (κ1) is 4.32. The van der Waals surface area contributed by atoms with E-state index in [4.69, 9.17) is 0 Å². The molecule has 1 aliphatic heterocycles. The maximum Gasteiger partial charge on any atom is 0.529 e. The zero-order valence-corrected chi connectivity index (χ0v) is 4.71. The Labute approximate surface area is 36.8 Å². The van der Waals surface area contributed by atoms with E-state index in [0.29, 0.717) is 5.90 Å².